The van der Waals surface area contributed by atoms with Crippen molar-refractivity contribution >= 4 is 5.91 Å². The second kappa shape index (κ2) is 7.01. The molecule has 30 heavy (non-hydrogen) atoms. The van der Waals surface area contributed by atoms with Gasteiger partial charge in [0.05, 0.1) is 18.7 Å². The topological polar surface area (TPSA) is 103 Å². The SMILES string of the molecule is COc1ccc(-c2nnc3n(c2=O)CC[C@@]32CCN(C(=O)c3cnccn3)C2)cc1. The molecule has 2 aliphatic heterocycles. The summed E-state index contributed by atoms with van der Waals surface area (Å²) in [6.07, 6.45) is 6.02. The largest absolute Gasteiger partial charge is 0.497 e. The Balaban J connectivity index is 1.44. The van der Waals surface area contributed by atoms with Crippen molar-refractivity contribution in [2.24, 2.45) is 0 Å². The Hall–Kier alpha value is -3.62. The summed E-state index contributed by atoms with van der Waals surface area (Å²) in [5, 5.41) is 8.73. The minimum Gasteiger partial charge on any atom is -0.497 e. The number of fused-ring (bicyclic) bond motifs is 2. The fraction of sp³-hybridized carbons (Fsp3) is 0.333. The van der Waals surface area contributed by atoms with Gasteiger partial charge in [0.1, 0.15) is 17.3 Å². The quantitative estimate of drug-likeness (QED) is 0.648. The van der Waals surface area contributed by atoms with E-state index in [1.54, 1.807) is 40.8 Å². The van der Waals surface area contributed by atoms with E-state index in [0.29, 0.717) is 48.2 Å². The number of aromatic nitrogens is 5. The predicted molar refractivity (Wildman–Crippen MR) is 107 cm³/mol. The number of methoxy groups -OCH3 is 1. The first-order valence-corrected chi connectivity index (χ1v) is 9.79. The molecule has 4 heterocycles. The van der Waals surface area contributed by atoms with Crippen molar-refractivity contribution in [3.05, 3.63) is 64.7 Å². The van der Waals surface area contributed by atoms with Crippen LogP contribution in [0.1, 0.15) is 29.2 Å². The zero-order chi connectivity index (χ0) is 20.7. The van der Waals surface area contributed by atoms with Gasteiger partial charge in [-0.1, -0.05) is 0 Å². The molecule has 2 aromatic heterocycles. The molecule has 3 aromatic rings. The maximum absolute atomic E-state index is 13.1. The highest BCUT2D eigenvalue weighted by Gasteiger charge is 2.48. The molecular weight excluding hydrogens is 384 g/mol. The van der Waals surface area contributed by atoms with Crippen LogP contribution in [0.15, 0.2) is 47.7 Å². The maximum atomic E-state index is 13.1. The van der Waals surface area contributed by atoms with Crippen molar-refractivity contribution < 1.29 is 9.53 Å². The van der Waals surface area contributed by atoms with Gasteiger partial charge in [-0.2, -0.15) is 0 Å². The molecule has 0 unspecified atom stereocenters. The standard InChI is InChI=1S/C21H20N6O3/c1-30-15-4-2-14(3-5-15)17-19(29)27-11-7-21(20(27)25-24-17)6-10-26(13-21)18(28)16-12-22-8-9-23-16/h2-5,8-9,12H,6-7,10-11,13H2,1H3/t21-/m1/s1. The van der Waals surface area contributed by atoms with Crippen LogP contribution in [0.2, 0.25) is 0 Å². The van der Waals surface area contributed by atoms with Crippen molar-refractivity contribution in [1.82, 2.24) is 29.6 Å². The summed E-state index contributed by atoms with van der Waals surface area (Å²) < 4.78 is 6.89. The van der Waals surface area contributed by atoms with Crippen LogP contribution in [-0.2, 0) is 12.0 Å². The molecule has 1 aromatic carbocycles. The summed E-state index contributed by atoms with van der Waals surface area (Å²) in [4.78, 5) is 35.7. The number of rotatable bonds is 3. The van der Waals surface area contributed by atoms with E-state index >= 15 is 0 Å². The molecule has 9 heteroatoms. The van der Waals surface area contributed by atoms with E-state index in [1.807, 2.05) is 0 Å². The Morgan fingerprint density at radius 2 is 1.90 bits per heavy atom. The number of likely N-dealkylation sites (tertiary alicyclic amines) is 1. The van der Waals surface area contributed by atoms with Crippen molar-refractivity contribution in [3.63, 3.8) is 0 Å². The van der Waals surface area contributed by atoms with Crippen molar-refractivity contribution in [2.45, 2.75) is 24.8 Å². The van der Waals surface area contributed by atoms with Crippen LogP contribution < -0.4 is 10.3 Å². The third-order valence-electron chi connectivity index (χ3n) is 6.02. The smallest absolute Gasteiger partial charge is 0.280 e. The first kappa shape index (κ1) is 18.4. The molecule has 0 saturated carbocycles. The molecule has 0 N–H and O–H groups in total. The highest BCUT2D eigenvalue weighted by atomic mass is 16.5. The van der Waals surface area contributed by atoms with Gasteiger partial charge in [-0.05, 0) is 37.1 Å². The number of benzene rings is 1. The monoisotopic (exact) mass is 404 g/mol. The second-order valence-corrected chi connectivity index (χ2v) is 7.66. The van der Waals surface area contributed by atoms with E-state index in [9.17, 15) is 9.59 Å². The van der Waals surface area contributed by atoms with Gasteiger partial charge in [0.25, 0.3) is 11.5 Å². The van der Waals surface area contributed by atoms with Crippen molar-refractivity contribution in [2.75, 3.05) is 20.2 Å². The van der Waals surface area contributed by atoms with Crippen LogP contribution in [0.3, 0.4) is 0 Å². The lowest BCUT2D eigenvalue weighted by Crippen LogP contribution is -2.35. The maximum Gasteiger partial charge on any atom is 0.280 e. The summed E-state index contributed by atoms with van der Waals surface area (Å²) in [6.45, 7) is 1.66. The molecule has 1 spiro atoms. The molecule has 1 amide bonds. The van der Waals surface area contributed by atoms with E-state index < -0.39 is 0 Å². The Kier molecular flexibility index (Phi) is 4.30. The lowest BCUT2D eigenvalue weighted by molar-refractivity contribution is 0.0776. The first-order valence-electron chi connectivity index (χ1n) is 9.79. The number of carbonyl (C=O) groups is 1. The molecular formula is C21H20N6O3. The average molecular weight is 404 g/mol. The lowest BCUT2D eigenvalue weighted by atomic mass is 9.85. The molecule has 0 bridgehead atoms. The van der Waals surface area contributed by atoms with Crippen LogP contribution in [0.4, 0.5) is 0 Å². The lowest BCUT2D eigenvalue weighted by Gasteiger charge is -2.22. The zero-order valence-electron chi connectivity index (χ0n) is 16.5. The number of hydrogen-bond donors (Lipinski definition) is 0. The van der Waals surface area contributed by atoms with Gasteiger partial charge in [-0.3, -0.25) is 19.1 Å². The molecule has 2 aliphatic rings. The third-order valence-corrected chi connectivity index (χ3v) is 6.02. The van der Waals surface area contributed by atoms with Crippen molar-refractivity contribution in [1.29, 1.82) is 0 Å². The third kappa shape index (κ3) is 2.85. The Labute approximate surface area is 172 Å². The Bertz CT molecular complexity index is 1160. The van der Waals surface area contributed by atoms with Gasteiger partial charge in [0.15, 0.2) is 5.69 Å². The molecule has 0 aliphatic carbocycles. The molecule has 0 radical (unpaired) electrons. The van der Waals surface area contributed by atoms with E-state index in [4.69, 9.17) is 4.74 Å². The van der Waals surface area contributed by atoms with Gasteiger partial charge < -0.3 is 9.64 Å². The molecule has 152 valence electrons. The van der Waals surface area contributed by atoms with Gasteiger partial charge in [-0.25, -0.2) is 4.98 Å². The Morgan fingerprint density at radius 1 is 1.10 bits per heavy atom. The number of amides is 1. The summed E-state index contributed by atoms with van der Waals surface area (Å²) in [5.74, 6) is 1.23. The van der Waals surface area contributed by atoms with Crippen LogP contribution >= 0.6 is 0 Å². The van der Waals surface area contributed by atoms with Gasteiger partial charge in [0.2, 0.25) is 0 Å². The predicted octanol–water partition coefficient (Wildman–Crippen LogP) is 1.29. The minimum absolute atomic E-state index is 0.149. The number of nitrogens with zero attached hydrogens (tertiary/aromatic N) is 6. The molecule has 1 saturated heterocycles. The Morgan fingerprint density at radius 3 is 2.63 bits per heavy atom. The highest BCUT2D eigenvalue weighted by Crippen LogP contribution is 2.41. The fourth-order valence-corrected chi connectivity index (χ4v) is 4.39. The fourth-order valence-electron chi connectivity index (χ4n) is 4.39. The van der Waals surface area contributed by atoms with Gasteiger partial charge >= 0.3 is 0 Å². The molecule has 1 fully saturated rings. The minimum atomic E-state index is -0.345. The average Bonchev–Trinajstić information content (AvgIpc) is 3.39. The summed E-state index contributed by atoms with van der Waals surface area (Å²) in [7, 11) is 1.60. The van der Waals surface area contributed by atoms with Crippen LogP contribution in [0, 0.1) is 0 Å². The number of hydrogen-bond acceptors (Lipinski definition) is 7. The number of ether oxygens (including phenoxy) is 1. The highest BCUT2D eigenvalue weighted by molar-refractivity contribution is 5.92. The van der Waals surface area contributed by atoms with E-state index in [1.165, 1.54) is 18.6 Å². The second-order valence-electron chi connectivity index (χ2n) is 7.66. The van der Waals surface area contributed by atoms with Gasteiger partial charge in [0, 0.05) is 37.6 Å². The number of carbonyl (C=O) groups excluding carboxylic acids is 1. The first-order chi connectivity index (χ1) is 14.6. The summed E-state index contributed by atoms with van der Waals surface area (Å²) >= 11 is 0. The van der Waals surface area contributed by atoms with Crippen LogP contribution in [-0.4, -0.2) is 55.7 Å². The van der Waals surface area contributed by atoms with E-state index in [2.05, 4.69) is 20.2 Å². The van der Waals surface area contributed by atoms with Gasteiger partial charge in [-0.15, -0.1) is 10.2 Å². The molecule has 1 atom stereocenters. The summed E-state index contributed by atoms with van der Waals surface area (Å²) in [6, 6.07) is 7.20. The van der Waals surface area contributed by atoms with Crippen LogP contribution in [0.25, 0.3) is 11.3 Å². The van der Waals surface area contributed by atoms with E-state index in [0.717, 1.165) is 12.8 Å². The normalized spacial score (nSPS) is 19.8. The van der Waals surface area contributed by atoms with E-state index in [-0.39, 0.29) is 16.9 Å². The zero-order valence-corrected chi connectivity index (χ0v) is 16.5. The molecule has 5 rings (SSSR count). The van der Waals surface area contributed by atoms with Crippen molar-refractivity contribution in [3.8, 4) is 17.0 Å². The molecule has 9 nitrogen and oxygen atoms in total. The summed E-state index contributed by atoms with van der Waals surface area (Å²) in [5.41, 5.74) is 0.855. The van der Waals surface area contributed by atoms with Crippen LogP contribution in [0.5, 0.6) is 5.75 Å².